The van der Waals surface area contributed by atoms with Crippen molar-refractivity contribution in [3.05, 3.63) is 94.8 Å². The second-order valence-corrected chi connectivity index (χ2v) is 9.50. The normalized spacial score (nSPS) is 11.1. The van der Waals surface area contributed by atoms with Crippen LogP contribution in [-0.4, -0.2) is 28.6 Å². The molecule has 0 unspecified atom stereocenters. The van der Waals surface area contributed by atoms with Crippen LogP contribution in [0.3, 0.4) is 0 Å². The predicted molar refractivity (Wildman–Crippen MR) is 147 cm³/mol. The van der Waals surface area contributed by atoms with E-state index in [4.69, 9.17) is 21.3 Å². The first kappa shape index (κ1) is 25.8. The Labute approximate surface area is 218 Å². The molecule has 4 rings (SSSR count). The van der Waals surface area contributed by atoms with Crippen LogP contribution in [-0.2, 0) is 13.0 Å². The van der Waals surface area contributed by atoms with Crippen LogP contribution in [0.4, 0.5) is 0 Å². The maximum absolute atomic E-state index is 12.4. The number of aromatic nitrogens is 2. The molecule has 4 aromatic rings. The van der Waals surface area contributed by atoms with Gasteiger partial charge in [-0.25, -0.2) is 4.98 Å². The van der Waals surface area contributed by atoms with E-state index in [1.165, 1.54) is 5.52 Å². The maximum atomic E-state index is 12.4. The van der Waals surface area contributed by atoms with Crippen molar-refractivity contribution in [2.45, 2.75) is 52.0 Å². The topological polar surface area (TPSA) is 56.2 Å². The number of hydrogen-bond donors (Lipinski definition) is 1. The molecule has 0 radical (unpaired) electrons. The minimum atomic E-state index is 0.00920. The van der Waals surface area contributed by atoms with Gasteiger partial charge in [-0.3, -0.25) is 4.79 Å². The van der Waals surface area contributed by atoms with Crippen LogP contribution in [0.25, 0.3) is 11.0 Å². The van der Waals surface area contributed by atoms with Gasteiger partial charge in [0.25, 0.3) is 5.91 Å². The number of para-hydroxylation sites is 2. The molecule has 0 saturated heterocycles. The first-order valence-electron chi connectivity index (χ1n) is 12.8. The fourth-order valence-electron chi connectivity index (χ4n) is 4.37. The monoisotopic (exact) mass is 503 g/mol. The lowest BCUT2D eigenvalue weighted by atomic mass is 10.1. The van der Waals surface area contributed by atoms with Gasteiger partial charge in [0.05, 0.1) is 17.6 Å². The summed E-state index contributed by atoms with van der Waals surface area (Å²) in [6, 6.07) is 23.5. The number of ether oxygens (including phenoxy) is 1. The van der Waals surface area contributed by atoms with Crippen LogP contribution in [0.2, 0.25) is 5.02 Å². The van der Waals surface area contributed by atoms with Crippen molar-refractivity contribution in [3.8, 4) is 5.75 Å². The summed E-state index contributed by atoms with van der Waals surface area (Å²) in [6.45, 7) is 4.26. The molecule has 0 aliphatic heterocycles. The number of nitrogens with one attached hydrogen (secondary N) is 1. The molecule has 0 spiro atoms. The van der Waals surface area contributed by atoms with Crippen LogP contribution in [0.15, 0.2) is 72.8 Å². The molecule has 1 N–H and O–H groups in total. The van der Waals surface area contributed by atoms with E-state index in [2.05, 4.69) is 28.1 Å². The zero-order valence-electron chi connectivity index (χ0n) is 20.9. The van der Waals surface area contributed by atoms with Crippen molar-refractivity contribution in [3.63, 3.8) is 0 Å². The average Bonchev–Trinajstić information content (AvgIpc) is 3.24. The van der Waals surface area contributed by atoms with Crippen LogP contribution in [0.1, 0.15) is 53.8 Å². The number of rotatable bonds is 13. The standard InChI is InChI=1S/C30H34ClN3O2/c1-23-11-4-5-12-26(23)30(35)32-20-8-2-3-15-29-33-27-13-6-7-14-28(27)34(29)21-9-10-22-36-25-18-16-24(31)17-19-25/h4-7,11-14,16-19H,2-3,8-10,15,20-22H2,1H3,(H,32,35). The molecule has 1 heterocycles. The number of fused-ring (bicyclic) bond motifs is 1. The fourth-order valence-corrected chi connectivity index (χ4v) is 4.49. The average molecular weight is 504 g/mol. The summed E-state index contributed by atoms with van der Waals surface area (Å²) in [7, 11) is 0. The van der Waals surface area contributed by atoms with Crippen molar-refractivity contribution < 1.29 is 9.53 Å². The van der Waals surface area contributed by atoms with Crippen LogP contribution in [0, 0.1) is 6.92 Å². The molecule has 0 aliphatic carbocycles. The fraction of sp³-hybridized carbons (Fsp3) is 0.333. The van der Waals surface area contributed by atoms with Gasteiger partial charge >= 0.3 is 0 Å². The van der Waals surface area contributed by atoms with E-state index in [9.17, 15) is 4.79 Å². The summed E-state index contributed by atoms with van der Waals surface area (Å²) >= 11 is 5.94. The van der Waals surface area contributed by atoms with Gasteiger partial charge in [-0.15, -0.1) is 0 Å². The van der Waals surface area contributed by atoms with Gasteiger partial charge in [0.15, 0.2) is 0 Å². The van der Waals surface area contributed by atoms with Crippen molar-refractivity contribution in [2.75, 3.05) is 13.2 Å². The molecule has 0 bridgehead atoms. The third-order valence-corrected chi connectivity index (χ3v) is 6.60. The smallest absolute Gasteiger partial charge is 0.251 e. The third-order valence-electron chi connectivity index (χ3n) is 6.34. The number of carbonyl (C=O) groups is 1. The summed E-state index contributed by atoms with van der Waals surface area (Å²) < 4.78 is 8.20. The zero-order chi connectivity index (χ0) is 25.2. The Balaban J connectivity index is 1.22. The van der Waals surface area contributed by atoms with Crippen LogP contribution >= 0.6 is 11.6 Å². The SMILES string of the molecule is Cc1ccccc1C(=O)NCCCCCc1nc2ccccc2n1CCCCOc1ccc(Cl)cc1. The molecule has 0 saturated carbocycles. The second kappa shape index (κ2) is 13.1. The Morgan fingerprint density at radius 2 is 1.69 bits per heavy atom. The lowest BCUT2D eigenvalue weighted by molar-refractivity contribution is 0.0952. The predicted octanol–water partition coefficient (Wildman–Crippen LogP) is 7.00. The quantitative estimate of drug-likeness (QED) is 0.200. The lowest BCUT2D eigenvalue weighted by Gasteiger charge is -2.11. The maximum Gasteiger partial charge on any atom is 0.251 e. The molecule has 0 aliphatic rings. The molecular weight excluding hydrogens is 470 g/mol. The minimum absolute atomic E-state index is 0.00920. The lowest BCUT2D eigenvalue weighted by Crippen LogP contribution is -2.25. The molecule has 0 atom stereocenters. The molecule has 1 aromatic heterocycles. The molecule has 0 fully saturated rings. The Morgan fingerprint density at radius 3 is 2.53 bits per heavy atom. The van der Waals surface area contributed by atoms with Gasteiger partial charge in [0.2, 0.25) is 0 Å². The van der Waals surface area contributed by atoms with Gasteiger partial charge in [-0.05, 0) is 80.6 Å². The van der Waals surface area contributed by atoms with Crippen molar-refractivity contribution in [2.24, 2.45) is 0 Å². The zero-order valence-corrected chi connectivity index (χ0v) is 21.6. The van der Waals surface area contributed by atoms with Gasteiger partial charge in [0, 0.05) is 30.1 Å². The largest absolute Gasteiger partial charge is 0.494 e. The summed E-state index contributed by atoms with van der Waals surface area (Å²) in [5.74, 6) is 2.00. The van der Waals surface area contributed by atoms with Gasteiger partial charge in [0.1, 0.15) is 11.6 Å². The number of nitrogens with zero attached hydrogens (tertiary/aromatic N) is 2. The number of benzene rings is 3. The Morgan fingerprint density at radius 1 is 0.917 bits per heavy atom. The van der Waals surface area contributed by atoms with Crippen molar-refractivity contribution >= 4 is 28.5 Å². The van der Waals surface area contributed by atoms with E-state index in [-0.39, 0.29) is 5.91 Å². The molecule has 36 heavy (non-hydrogen) atoms. The van der Waals surface area contributed by atoms with E-state index in [1.807, 2.05) is 61.5 Å². The van der Waals surface area contributed by atoms with E-state index in [0.717, 1.165) is 73.3 Å². The summed E-state index contributed by atoms with van der Waals surface area (Å²) in [6.07, 6.45) is 5.97. The number of hydrogen-bond acceptors (Lipinski definition) is 3. The Hall–Kier alpha value is -3.31. The van der Waals surface area contributed by atoms with E-state index in [0.29, 0.717) is 18.2 Å². The molecule has 1 amide bonds. The van der Waals surface area contributed by atoms with Crippen LogP contribution in [0.5, 0.6) is 5.75 Å². The first-order chi connectivity index (χ1) is 17.6. The second-order valence-electron chi connectivity index (χ2n) is 9.06. The molecule has 188 valence electrons. The third kappa shape index (κ3) is 7.11. The molecule has 5 nitrogen and oxygen atoms in total. The van der Waals surface area contributed by atoms with Gasteiger partial charge in [-0.2, -0.15) is 0 Å². The molecular formula is C30H34ClN3O2. The molecule has 3 aromatic carbocycles. The Kier molecular flexibility index (Phi) is 9.40. The Bertz CT molecular complexity index is 1270. The number of imidazole rings is 1. The number of aryl methyl sites for hydroxylation is 3. The number of amides is 1. The summed E-state index contributed by atoms with van der Waals surface area (Å²) in [5, 5.41) is 3.76. The summed E-state index contributed by atoms with van der Waals surface area (Å²) in [4.78, 5) is 17.3. The highest BCUT2D eigenvalue weighted by Gasteiger charge is 2.11. The highest BCUT2D eigenvalue weighted by molar-refractivity contribution is 6.30. The number of unbranched alkanes of at least 4 members (excludes halogenated alkanes) is 3. The highest BCUT2D eigenvalue weighted by atomic mass is 35.5. The van der Waals surface area contributed by atoms with E-state index < -0.39 is 0 Å². The van der Waals surface area contributed by atoms with E-state index in [1.54, 1.807) is 0 Å². The van der Waals surface area contributed by atoms with Gasteiger partial charge in [-0.1, -0.05) is 48.4 Å². The van der Waals surface area contributed by atoms with Crippen molar-refractivity contribution in [1.29, 1.82) is 0 Å². The van der Waals surface area contributed by atoms with Crippen LogP contribution < -0.4 is 10.1 Å². The first-order valence-corrected chi connectivity index (χ1v) is 13.2. The van der Waals surface area contributed by atoms with Gasteiger partial charge < -0.3 is 14.6 Å². The highest BCUT2D eigenvalue weighted by Crippen LogP contribution is 2.20. The molecule has 6 heteroatoms. The summed E-state index contributed by atoms with van der Waals surface area (Å²) in [5.41, 5.74) is 4.00. The number of carbonyl (C=O) groups excluding carboxylic acids is 1. The van der Waals surface area contributed by atoms with Crippen molar-refractivity contribution in [1.82, 2.24) is 14.9 Å². The number of halogens is 1. The van der Waals surface area contributed by atoms with E-state index >= 15 is 0 Å². The minimum Gasteiger partial charge on any atom is -0.494 e.